The monoisotopic (exact) mass is 617 g/mol. The smallest absolute Gasteiger partial charge is 0.366 e. The minimum absolute atomic E-state index is 0.0169. The first-order valence-corrected chi connectivity index (χ1v) is 15.3. The van der Waals surface area contributed by atoms with Gasteiger partial charge in [0.05, 0.1) is 5.92 Å². The maximum absolute atomic E-state index is 13.9. The van der Waals surface area contributed by atoms with E-state index in [0.29, 0.717) is 29.7 Å². The van der Waals surface area contributed by atoms with Gasteiger partial charge in [0.15, 0.2) is 0 Å². The standard InChI is InChI=1S/C32H46F3N7O2/c1-18(2)37-28(44)23-10-9-11-25(23)40-26-24(32(33,34)35)17-36-29(41-26)39-20-12-13-22(19(3)14-20)27(43)38-21-15-30(4,5)42(8)31(6,7)16-21/h12-14,17-18,21,23,25H,9-11,15-16H2,1-8H3,(H,37,44)(H,38,43)(H2,36,39,40,41)/t23-,25+/m0/s1. The molecule has 1 saturated heterocycles. The van der Waals surface area contributed by atoms with E-state index in [4.69, 9.17) is 0 Å². The van der Waals surface area contributed by atoms with Gasteiger partial charge in [0, 0.05) is 46.7 Å². The molecule has 2 atom stereocenters. The number of aromatic nitrogens is 2. The zero-order valence-electron chi connectivity index (χ0n) is 26.9. The van der Waals surface area contributed by atoms with Gasteiger partial charge in [-0.1, -0.05) is 6.42 Å². The SMILES string of the molecule is Cc1cc(Nc2ncc(C(F)(F)F)c(N[C@@H]3CCC[C@@H]3C(=O)NC(C)C)n2)ccc1C(=O)NC1CC(C)(C)N(C)C(C)(C)C1. The predicted molar refractivity (Wildman–Crippen MR) is 166 cm³/mol. The molecule has 0 spiro atoms. The van der Waals surface area contributed by atoms with Gasteiger partial charge in [-0.25, -0.2) is 4.98 Å². The minimum atomic E-state index is -4.68. The van der Waals surface area contributed by atoms with E-state index in [1.165, 1.54) is 0 Å². The fraction of sp³-hybridized carbons (Fsp3) is 0.625. The molecule has 44 heavy (non-hydrogen) atoms. The minimum Gasteiger partial charge on any atom is -0.366 e. The molecule has 0 bridgehead atoms. The Labute approximate surface area is 258 Å². The molecule has 4 rings (SSSR count). The lowest BCUT2D eigenvalue weighted by Gasteiger charge is -2.53. The van der Waals surface area contributed by atoms with Crippen molar-refractivity contribution in [3.05, 3.63) is 41.1 Å². The summed E-state index contributed by atoms with van der Waals surface area (Å²) in [6, 6.07) is 4.58. The van der Waals surface area contributed by atoms with Crippen molar-refractivity contribution in [1.29, 1.82) is 0 Å². The van der Waals surface area contributed by atoms with Crippen LogP contribution in [0.5, 0.6) is 0 Å². The molecule has 1 aromatic heterocycles. The van der Waals surface area contributed by atoms with Gasteiger partial charge in [0.2, 0.25) is 11.9 Å². The maximum Gasteiger partial charge on any atom is 0.421 e. The summed E-state index contributed by atoms with van der Waals surface area (Å²) >= 11 is 0. The largest absolute Gasteiger partial charge is 0.421 e. The third kappa shape index (κ3) is 7.62. The number of hydrogen-bond acceptors (Lipinski definition) is 7. The van der Waals surface area contributed by atoms with Crippen molar-refractivity contribution in [3.63, 3.8) is 0 Å². The van der Waals surface area contributed by atoms with E-state index in [2.05, 4.69) is 70.9 Å². The lowest BCUT2D eigenvalue weighted by Crippen LogP contribution is -2.62. The number of aryl methyl sites for hydroxylation is 1. The summed E-state index contributed by atoms with van der Waals surface area (Å²) in [5, 5.41) is 12.0. The summed E-state index contributed by atoms with van der Waals surface area (Å²) in [7, 11) is 2.12. The number of benzene rings is 1. The average Bonchev–Trinajstić information content (AvgIpc) is 3.34. The number of halogens is 3. The fourth-order valence-electron chi connectivity index (χ4n) is 6.64. The molecule has 0 unspecified atom stereocenters. The van der Waals surface area contributed by atoms with Gasteiger partial charge < -0.3 is 21.3 Å². The third-order valence-electron chi connectivity index (χ3n) is 9.07. The molecule has 2 heterocycles. The number of carbonyl (C=O) groups excluding carboxylic acids is 2. The average molecular weight is 618 g/mol. The van der Waals surface area contributed by atoms with Gasteiger partial charge >= 0.3 is 6.18 Å². The number of piperidine rings is 1. The summed E-state index contributed by atoms with van der Waals surface area (Å²) in [6.45, 7) is 14.2. The number of nitrogens with zero attached hydrogens (tertiary/aromatic N) is 3. The Kier molecular flexibility index (Phi) is 9.54. The van der Waals surface area contributed by atoms with Crippen LogP contribution < -0.4 is 21.3 Å². The van der Waals surface area contributed by atoms with Gasteiger partial charge in [-0.3, -0.25) is 14.5 Å². The van der Waals surface area contributed by atoms with Crippen LogP contribution in [0.1, 0.15) is 95.1 Å². The second-order valence-corrected chi connectivity index (χ2v) is 13.8. The number of carbonyl (C=O) groups is 2. The number of hydrogen-bond donors (Lipinski definition) is 4. The summed E-state index contributed by atoms with van der Waals surface area (Å²) in [4.78, 5) is 36.4. The Morgan fingerprint density at radius 2 is 1.73 bits per heavy atom. The molecule has 2 amide bonds. The van der Waals surface area contributed by atoms with Crippen LogP contribution in [0.4, 0.5) is 30.6 Å². The van der Waals surface area contributed by atoms with Crippen molar-refractivity contribution in [2.24, 2.45) is 5.92 Å². The van der Waals surface area contributed by atoms with Crippen LogP contribution in [0.2, 0.25) is 0 Å². The molecule has 4 N–H and O–H groups in total. The van der Waals surface area contributed by atoms with Gasteiger partial charge in [-0.15, -0.1) is 0 Å². The number of amides is 2. The van der Waals surface area contributed by atoms with Crippen molar-refractivity contribution in [2.75, 3.05) is 17.7 Å². The fourth-order valence-corrected chi connectivity index (χ4v) is 6.64. The molecule has 2 fully saturated rings. The highest BCUT2D eigenvalue weighted by Gasteiger charge is 2.43. The van der Waals surface area contributed by atoms with Crippen LogP contribution in [0, 0.1) is 12.8 Å². The van der Waals surface area contributed by atoms with Gasteiger partial charge in [-0.2, -0.15) is 18.2 Å². The summed E-state index contributed by atoms with van der Waals surface area (Å²) < 4.78 is 41.7. The molecule has 2 aliphatic rings. The lowest BCUT2D eigenvalue weighted by atomic mass is 9.77. The topological polar surface area (TPSA) is 111 Å². The van der Waals surface area contributed by atoms with Gasteiger partial charge in [-0.05, 0) is 105 Å². The van der Waals surface area contributed by atoms with Crippen LogP contribution in [-0.4, -0.2) is 62.9 Å². The first-order valence-electron chi connectivity index (χ1n) is 15.3. The molecule has 2 aromatic rings. The molecular formula is C32H46F3N7O2. The molecule has 242 valence electrons. The number of rotatable bonds is 8. The highest BCUT2D eigenvalue weighted by molar-refractivity contribution is 5.96. The van der Waals surface area contributed by atoms with E-state index >= 15 is 0 Å². The van der Waals surface area contributed by atoms with Crippen molar-refractivity contribution >= 4 is 29.3 Å². The normalized spacial score (nSPS) is 22.1. The van der Waals surface area contributed by atoms with E-state index in [1.807, 2.05) is 20.8 Å². The van der Waals surface area contributed by atoms with Crippen LogP contribution in [0.25, 0.3) is 0 Å². The van der Waals surface area contributed by atoms with Crippen molar-refractivity contribution < 1.29 is 22.8 Å². The molecule has 0 radical (unpaired) electrons. The Morgan fingerprint density at radius 3 is 2.32 bits per heavy atom. The van der Waals surface area contributed by atoms with Crippen LogP contribution in [-0.2, 0) is 11.0 Å². The van der Waals surface area contributed by atoms with Crippen molar-refractivity contribution in [3.8, 4) is 0 Å². The van der Waals surface area contributed by atoms with Gasteiger partial charge in [0.25, 0.3) is 5.91 Å². The molecule has 1 aliphatic carbocycles. The van der Waals surface area contributed by atoms with E-state index in [0.717, 1.165) is 25.5 Å². The first kappa shape index (κ1) is 33.5. The molecular weight excluding hydrogens is 571 g/mol. The van der Waals surface area contributed by atoms with E-state index < -0.39 is 23.7 Å². The van der Waals surface area contributed by atoms with Crippen LogP contribution in [0.3, 0.4) is 0 Å². The highest BCUT2D eigenvalue weighted by Crippen LogP contribution is 2.38. The number of alkyl halides is 3. The Hall–Kier alpha value is -3.41. The number of likely N-dealkylation sites (tertiary alicyclic amines) is 1. The third-order valence-corrected chi connectivity index (χ3v) is 9.07. The summed E-state index contributed by atoms with van der Waals surface area (Å²) in [5.74, 6) is -1.22. The van der Waals surface area contributed by atoms with E-state index in [-0.39, 0.29) is 46.7 Å². The Morgan fingerprint density at radius 1 is 1.07 bits per heavy atom. The van der Waals surface area contributed by atoms with E-state index in [1.54, 1.807) is 18.2 Å². The molecule has 1 saturated carbocycles. The highest BCUT2D eigenvalue weighted by atomic mass is 19.4. The van der Waals surface area contributed by atoms with Crippen LogP contribution in [0.15, 0.2) is 24.4 Å². The van der Waals surface area contributed by atoms with E-state index in [9.17, 15) is 22.8 Å². The van der Waals surface area contributed by atoms with Crippen molar-refractivity contribution in [2.45, 2.75) is 116 Å². The predicted octanol–water partition coefficient (Wildman–Crippen LogP) is 6.03. The zero-order valence-corrected chi connectivity index (χ0v) is 26.9. The maximum atomic E-state index is 13.9. The zero-order chi connectivity index (χ0) is 32.6. The first-order chi connectivity index (χ1) is 20.4. The second kappa shape index (κ2) is 12.5. The summed E-state index contributed by atoms with van der Waals surface area (Å²) in [5.41, 5.74) is 0.610. The number of anilines is 3. The molecule has 1 aliphatic heterocycles. The number of nitrogens with one attached hydrogen (secondary N) is 4. The second-order valence-electron chi connectivity index (χ2n) is 13.8. The quantitative estimate of drug-likeness (QED) is 0.286. The summed E-state index contributed by atoms with van der Waals surface area (Å²) in [6.07, 6.45) is -0.437. The molecule has 12 heteroatoms. The van der Waals surface area contributed by atoms with Crippen LogP contribution >= 0.6 is 0 Å². The van der Waals surface area contributed by atoms with Crippen molar-refractivity contribution in [1.82, 2.24) is 25.5 Å². The Balaban J connectivity index is 1.50. The lowest BCUT2D eigenvalue weighted by molar-refractivity contribution is -0.137. The van der Waals surface area contributed by atoms with Gasteiger partial charge in [0.1, 0.15) is 11.4 Å². The Bertz CT molecular complexity index is 1360. The molecule has 1 aromatic carbocycles. The molecule has 9 nitrogen and oxygen atoms in total.